The Morgan fingerprint density at radius 3 is 2.57 bits per heavy atom. The van der Waals surface area contributed by atoms with Gasteiger partial charge in [0.25, 0.3) is 0 Å². The summed E-state index contributed by atoms with van der Waals surface area (Å²) in [5.74, 6) is 0.385. The molecule has 3 aromatic carbocycles. The Morgan fingerprint density at radius 1 is 1.03 bits per heavy atom. The number of ether oxygens (including phenoxy) is 2. The topological polar surface area (TPSA) is 51.3 Å². The average Bonchev–Trinajstić information content (AvgIpc) is 3.08. The van der Waals surface area contributed by atoms with Crippen molar-refractivity contribution in [3.05, 3.63) is 99.7 Å². The number of rotatable bonds is 6. The Bertz CT molecular complexity index is 1200. The van der Waals surface area contributed by atoms with E-state index in [2.05, 4.69) is 4.98 Å². The zero-order valence-corrected chi connectivity index (χ0v) is 17.6. The van der Waals surface area contributed by atoms with Crippen molar-refractivity contribution in [3.63, 3.8) is 0 Å². The van der Waals surface area contributed by atoms with Gasteiger partial charge in [0, 0.05) is 28.0 Å². The molecule has 1 aromatic heterocycles. The van der Waals surface area contributed by atoms with Gasteiger partial charge < -0.3 is 14.5 Å². The minimum Gasteiger partial charge on any atom is -0.489 e. The predicted molar refractivity (Wildman–Crippen MR) is 119 cm³/mol. The molecule has 152 valence electrons. The highest BCUT2D eigenvalue weighted by molar-refractivity contribution is 6.31. The van der Waals surface area contributed by atoms with Crippen molar-refractivity contribution in [2.24, 2.45) is 0 Å². The van der Waals surface area contributed by atoms with Crippen LogP contribution in [0, 0.1) is 6.92 Å². The molecular formula is C25H22ClNO3. The molecule has 0 saturated heterocycles. The van der Waals surface area contributed by atoms with E-state index in [1.165, 1.54) is 7.11 Å². The maximum absolute atomic E-state index is 11.9. The van der Waals surface area contributed by atoms with E-state index in [0.717, 1.165) is 39.0 Å². The van der Waals surface area contributed by atoms with Crippen molar-refractivity contribution in [2.75, 3.05) is 7.11 Å². The Kier molecular flexibility index (Phi) is 5.77. The van der Waals surface area contributed by atoms with E-state index in [0.29, 0.717) is 23.6 Å². The number of benzene rings is 3. The average molecular weight is 420 g/mol. The number of nitrogens with one attached hydrogen (secondary N) is 1. The Balaban J connectivity index is 1.57. The summed E-state index contributed by atoms with van der Waals surface area (Å²) in [6, 6.07) is 21.3. The van der Waals surface area contributed by atoms with Gasteiger partial charge in [-0.2, -0.15) is 0 Å². The van der Waals surface area contributed by atoms with Gasteiger partial charge in [0.1, 0.15) is 12.4 Å². The van der Waals surface area contributed by atoms with Crippen LogP contribution in [0.1, 0.15) is 32.7 Å². The molecule has 0 amide bonds. The highest BCUT2D eigenvalue weighted by Gasteiger charge is 2.14. The van der Waals surface area contributed by atoms with Crippen molar-refractivity contribution >= 4 is 28.5 Å². The van der Waals surface area contributed by atoms with E-state index in [1.807, 2.05) is 67.6 Å². The molecule has 5 heteroatoms. The second-order valence-corrected chi connectivity index (χ2v) is 7.59. The number of carbonyl (C=O) groups excluding carboxylic acids is 1. The lowest BCUT2D eigenvalue weighted by atomic mass is 10.0. The van der Waals surface area contributed by atoms with Gasteiger partial charge in [0.05, 0.1) is 12.7 Å². The first-order valence-corrected chi connectivity index (χ1v) is 10.1. The van der Waals surface area contributed by atoms with Gasteiger partial charge >= 0.3 is 5.97 Å². The monoisotopic (exact) mass is 419 g/mol. The summed E-state index contributed by atoms with van der Waals surface area (Å²) in [6.45, 7) is 2.52. The van der Waals surface area contributed by atoms with Gasteiger partial charge in [0.2, 0.25) is 0 Å². The standard InChI is InChI=1S/C25H22ClNO3/c1-16-21(22-13-19(25(28)29-2)9-11-24(22)27-16)12-18-8-10-20(14-23(18)26)30-15-17-6-4-3-5-7-17/h3-11,13-14,27H,12,15H2,1-2H3. The molecule has 30 heavy (non-hydrogen) atoms. The van der Waals surface area contributed by atoms with Crippen molar-refractivity contribution in [1.29, 1.82) is 0 Å². The van der Waals surface area contributed by atoms with Gasteiger partial charge in [0.15, 0.2) is 0 Å². The molecule has 0 bridgehead atoms. The molecule has 0 fully saturated rings. The zero-order valence-electron chi connectivity index (χ0n) is 16.9. The van der Waals surface area contributed by atoms with Gasteiger partial charge in [-0.25, -0.2) is 4.79 Å². The third-order valence-corrected chi connectivity index (χ3v) is 5.53. The van der Waals surface area contributed by atoms with Gasteiger partial charge in [-0.3, -0.25) is 0 Å². The number of aromatic nitrogens is 1. The van der Waals surface area contributed by atoms with E-state index in [4.69, 9.17) is 21.1 Å². The highest BCUT2D eigenvalue weighted by Crippen LogP contribution is 2.30. The number of fused-ring (bicyclic) bond motifs is 1. The van der Waals surface area contributed by atoms with Crippen LogP contribution in [-0.4, -0.2) is 18.1 Å². The summed E-state index contributed by atoms with van der Waals surface area (Å²) in [5.41, 5.74) is 5.77. The van der Waals surface area contributed by atoms with E-state index in [1.54, 1.807) is 6.07 Å². The molecule has 0 aliphatic heterocycles. The second kappa shape index (κ2) is 8.64. The third-order valence-electron chi connectivity index (χ3n) is 5.18. The van der Waals surface area contributed by atoms with Crippen LogP contribution in [0.3, 0.4) is 0 Å². The summed E-state index contributed by atoms with van der Waals surface area (Å²) in [7, 11) is 1.39. The van der Waals surface area contributed by atoms with Crippen LogP contribution in [0.4, 0.5) is 0 Å². The first-order chi connectivity index (χ1) is 14.5. The fraction of sp³-hybridized carbons (Fsp3) is 0.160. The molecule has 0 aliphatic rings. The van der Waals surface area contributed by atoms with Crippen LogP contribution in [0.15, 0.2) is 66.7 Å². The molecule has 4 rings (SSSR count). The summed E-state index contributed by atoms with van der Waals surface area (Å²) in [4.78, 5) is 15.3. The summed E-state index contributed by atoms with van der Waals surface area (Å²) >= 11 is 6.57. The smallest absolute Gasteiger partial charge is 0.337 e. The molecule has 1 heterocycles. The van der Waals surface area contributed by atoms with E-state index in [-0.39, 0.29) is 5.97 Å². The van der Waals surface area contributed by atoms with Crippen molar-refractivity contribution in [3.8, 4) is 5.75 Å². The number of esters is 1. The van der Waals surface area contributed by atoms with E-state index in [9.17, 15) is 4.79 Å². The van der Waals surface area contributed by atoms with Crippen LogP contribution < -0.4 is 4.74 Å². The van der Waals surface area contributed by atoms with Gasteiger partial charge in [-0.15, -0.1) is 0 Å². The van der Waals surface area contributed by atoms with Crippen LogP contribution in [0.2, 0.25) is 5.02 Å². The van der Waals surface area contributed by atoms with E-state index >= 15 is 0 Å². The minimum atomic E-state index is -0.348. The molecule has 0 radical (unpaired) electrons. The highest BCUT2D eigenvalue weighted by atomic mass is 35.5. The third kappa shape index (κ3) is 4.19. The fourth-order valence-electron chi connectivity index (χ4n) is 3.55. The minimum absolute atomic E-state index is 0.348. The lowest BCUT2D eigenvalue weighted by Gasteiger charge is -2.10. The van der Waals surface area contributed by atoms with Crippen molar-refractivity contribution in [2.45, 2.75) is 20.0 Å². The normalized spacial score (nSPS) is 10.9. The number of hydrogen-bond donors (Lipinski definition) is 1. The number of hydrogen-bond acceptors (Lipinski definition) is 3. The second-order valence-electron chi connectivity index (χ2n) is 7.18. The Labute approximate surface area is 180 Å². The van der Waals surface area contributed by atoms with Crippen molar-refractivity contribution in [1.82, 2.24) is 4.98 Å². The molecule has 0 unspecified atom stereocenters. The van der Waals surface area contributed by atoms with Gasteiger partial charge in [-0.1, -0.05) is 48.0 Å². The largest absolute Gasteiger partial charge is 0.489 e. The first kappa shape index (κ1) is 20.0. The molecule has 0 spiro atoms. The predicted octanol–water partition coefficient (Wildman–Crippen LogP) is 6.09. The zero-order chi connectivity index (χ0) is 21.1. The molecular weight excluding hydrogens is 398 g/mol. The van der Waals surface area contributed by atoms with Crippen LogP contribution in [0.5, 0.6) is 5.75 Å². The SMILES string of the molecule is COC(=O)c1ccc2[nH]c(C)c(Cc3ccc(OCc4ccccc4)cc3Cl)c2c1. The molecule has 0 aliphatic carbocycles. The molecule has 1 N–H and O–H groups in total. The summed E-state index contributed by atoms with van der Waals surface area (Å²) < 4.78 is 10.7. The van der Waals surface area contributed by atoms with Crippen LogP contribution in [-0.2, 0) is 17.8 Å². The number of methoxy groups -OCH3 is 1. The number of halogens is 1. The number of carbonyl (C=O) groups is 1. The number of aromatic amines is 1. The lowest BCUT2D eigenvalue weighted by molar-refractivity contribution is 0.0601. The Morgan fingerprint density at radius 2 is 1.83 bits per heavy atom. The first-order valence-electron chi connectivity index (χ1n) is 9.70. The van der Waals surface area contributed by atoms with Crippen molar-refractivity contribution < 1.29 is 14.3 Å². The maximum Gasteiger partial charge on any atom is 0.337 e. The lowest BCUT2D eigenvalue weighted by Crippen LogP contribution is -2.00. The maximum atomic E-state index is 11.9. The van der Waals surface area contributed by atoms with Gasteiger partial charge in [-0.05, 0) is 53.9 Å². The molecule has 4 nitrogen and oxygen atoms in total. The van der Waals surface area contributed by atoms with E-state index < -0.39 is 0 Å². The number of aryl methyl sites for hydroxylation is 1. The fourth-order valence-corrected chi connectivity index (χ4v) is 3.78. The summed E-state index contributed by atoms with van der Waals surface area (Å²) in [5, 5.41) is 1.65. The molecule has 0 saturated carbocycles. The quantitative estimate of drug-likeness (QED) is 0.385. The summed E-state index contributed by atoms with van der Waals surface area (Å²) in [6.07, 6.45) is 0.647. The Hall–Kier alpha value is -3.24. The molecule has 4 aromatic rings. The molecule has 0 atom stereocenters. The van der Waals surface area contributed by atoms with Crippen LogP contribution in [0.25, 0.3) is 10.9 Å². The van der Waals surface area contributed by atoms with Crippen LogP contribution >= 0.6 is 11.6 Å². The number of H-pyrrole nitrogens is 1.